The molecule has 0 saturated carbocycles. The molecule has 2 heterocycles. The number of nitrogens with one attached hydrogen (secondary N) is 1. The lowest BCUT2D eigenvalue weighted by molar-refractivity contribution is 0.344. The average Bonchev–Trinajstić information content (AvgIpc) is 2.84. The van der Waals surface area contributed by atoms with E-state index in [0.29, 0.717) is 17.7 Å². The summed E-state index contributed by atoms with van der Waals surface area (Å²) in [4.78, 5) is 10.9. The lowest BCUT2D eigenvalue weighted by Crippen LogP contribution is -2.22. The van der Waals surface area contributed by atoms with E-state index in [9.17, 15) is 0 Å². The van der Waals surface area contributed by atoms with Gasteiger partial charge < -0.3 is 15.0 Å². The third-order valence-corrected chi connectivity index (χ3v) is 3.21. The van der Waals surface area contributed by atoms with E-state index in [-0.39, 0.29) is 0 Å². The number of anilines is 1. The summed E-state index contributed by atoms with van der Waals surface area (Å²) in [5.74, 6) is 1.95. The highest BCUT2D eigenvalue weighted by atomic mass is 16.5. The van der Waals surface area contributed by atoms with Crippen LogP contribution in [0, 0.1) is 5.92 Å². The molecule has 5 heteroatoms. The number of likely N-dealkylation sites (tertiary alicyclic amines) is 1. The minimum atomic E-state index is 0.601. The number of rotatable bonds is 5. The molecule has 17 heavy (non-hydrogen) atoms. The standard InChI is InChI=1S/C12H20N4O/c1-3-16-7-5-10(9-16)8-14-12-13-6-4-11(15-12)17-2/h4,6,10H,3,5,7-9H2,1-2H3,(H,13,14,15). The molecule has 1 N–H and O–H groups in total. The molecule has 1 aliphatic rings. The fourth-order valence-corrected chi connectivity index (χ4v) is 2.14. The van der Waals surface area contributed by atoms with Gasteiger partial charge in [-0.15, -0.1) is 0 Å². The van der Waals surface area contributed by atoms with Gasteiger partial charge in [0.1, 0.15) is 0 Å². The Kier molecular flexibility index (Phi) is 4.14. The van der Waals surface area contributed by atoms with E-state index >= 15 is 0 Å². The van der Waals surface area contributed by atoms with Crippen LogP contribution in [0.2, 0.25) is 0 Å². The van der Waals surface area contributed by atoms with Crippen molar-refractivity contribution in [3.63, 3.8) is 0 Å². The van der Waals surface area contributed by atoms with E-state index in [1.807, 2.05) is 0 Å². The molecule has 94 valence electrons. The normalized spacial score (nSPS) is 20.5. The molecular weight excluding hydrogens is 216 g/mol. The zero-order valence-electron chi connectivity index (χ0n) is 10.5. The Morgan fingerprint density at radius 3 is 3.18 bits per heavy atom. The Hall–Kier alpha value is -1.36. The van der Waals surface area contributed by atoms with Crippen LogP contribution in [-0.2, 0) is 0 Å². The quantitative estimate of drug-likeness (QED) is 0.833. The maximum Gasteiger partial charge on any atom is 0.225 e. The van der Waals surface area contributed by atoms with E-state index in [1.165, 1.54) is 19.5 Å². The van der Waals surface area contributed by atoms with Crippen molar-refractivity contribution in [2.75, 3.05) is 38.6 Å². The molecule has 1 aromatic rings. The lowest BCUT2D eigenvalue weighted by atomic mass is 10.1. The maximum absolute atomic E-state index is 5.06. The van der Waals surface area contributed by atoms with Gasteiger partial charge in [-0.1, -0.05) is 6.92 Å². The predicted molar refractivity (Wildman–Crippen MR) is 67.3 cm³/mol. The molecule has 0 aliphatic carbocycles. The maximum atomic E-state index is 5.06. The van der Waals surface area contributed by atoms with Gasteiger partial charge in [0.15, 0.2) is 0 Å². The highest BCUT2D eigenvalue weighted by Gasteiger charge is 2.20. The SMILES string of the molecule is CCN1CCC(CNc2nccc(OC)n2)C1. The van der Waals surface area contributed by atoms with Crippen LogP contribution >= 0.6 is 0 Å². The smallest absolute Gasteiger partial charge is 0.225 e. The van der Waals surface area contributed by atoms with Gasteiger partial charge in [0.2, 0.25) is 11.8 Å². The zero-order valence-corrected chi connectivity index (χ0v) is 10.5. The Balaban J connectivity index is 1.81. The molecule has 2 rings (SSSR count). The van der Waals surface area contributed by atoms with Crippen LogP contribution in [0.1, 0.15) is 13.3 Å². The van der Waals surface area contributed by atoms with Crippen molar-refractivity contribution >= 4 is 5.95 Å². The summed E-state index contributed by atoms with van der Waals surface area (Å²) >= 11 is 0. The van der Waals surface area contributed by atoms with Crippen molar-refractivity contribution in [2.45, 2.75) is 13.3 Å². The molecule has 1 unspecified atom stereocenters. The zero-order chi connectivity index (χ0) is 12.1. The highest BCUT2D eigenvalue weighted by molar-refractivity contribution is 5.27. The molecule has 1 aliphatic heterocycles. The van der Waals surface area contributed by atoms with Crippen LogP contribution in [0.5, 0.6) is 5.88 Å². The number of hydrogen-bond donors (Lipinski definition) is 1. The molecule has 1 atom stereocenters. The van der Waals surface area contributed by atoms with Crippen LogP contribution < -0.4 is 10.1 Å². The van der Waals surface area contributed by atoms with Gasteiger partial charge in [0, 0.05) is 25.4 Å². The number of methoxy groups -OCH3 is 1. The second-order valence-corrected chi connectivity index (χ2v) is 4.35. The molecule has 0 amide bonds. The summed E-state index contributed by atoms with van der Waals surface area (Å²) in [6.07, 6.45) is 2.96. The molecule has 0 bridgehead atoms. The van der Waals surface area contributed by atoms with Gasteiger partial charge in [0.05, 0.1) is 7.11 Å². The van der Waals surface area contributed by atoms with Crippen molar-refractivity contribution < 1.29 is 4.74 Å². The van der Waals surface area contributed by atoms with Gasteiger partial charge in [-0.05, 0) is 25.4 Å². The van der Waals surface area contributed by atoms with Crippen molar-refractivity contribution in [3.8, 4) is 5.88 Å². The van der Waals surface area contributed by atoms with E-state index in [1.54, 1.807) is 19.4 Å². The van der Waals surface area contributed by atoms with E-state index < -0.39 is 0 Å². The number of ether oxygens (including phenoxy) is 1. The van der Waals surface area contributed by atoms with Crippen molar-refractivity contribution in [3.05, 3.63) is 12.3 Å². The van der Waals surface area contributed by atoms with Gasteiger partial charge in [-0.2, -0.15) is 4.98 Å². The minimum absolute atomic E-state index is 0.601. The van der Waals surface area contributed by atoms with Crippen molar-refractivity contribution in [1.82, 2.24) is 14.9 Å². The topological polar surface area (TPSA) is 50.3 Å². The Bertz CT molecular complexity index is 358. The van der Waals surface area contributed by atoms with Gasteiger partial charge in [0.25, 0.3) is 0 Å². The van der Waals surface area contributed by atoms with Crippen molar-refractivity contribution in [1.29, 1.82) is 0 Å². The summed E-state index contributed by atoms with van der Waals surface area (Å²) in [5, 5.41) is 3.28. The van der Waals surface area contributed by atoms with Crippen LogP contribution in [0.15, 0.2) is 12.3 Å². The van der Waals surface area contributed by atoms with Crippen LogP contribution in [0.3, 0.4) is 0 Å². The minimum Gasteiger partial charge on any atom is -0.481 e. The van der Waals surface area contributed by atoms with Crippen LogP contribution in [-0.4, -0.2) is 48.2 Å². The fraction of sp³-hybridized carbons (Fsp3) is 0.667. The third kappa shape index (κ3) is 3.30. The Morgan fingerprint density at radius 1 is 1.59 bits per heavy atom. The second kappa shape index (κ2) is 5.82. The fourth-order valence-electron chi connectivity index (χ4n) is 2.14. The molecule has 1 saturated heterocycles. The first-order chi connectivity index (χ1) is 8.31. The average molecular weight is 236 g/mol. The van der Waals surface area contributed by atoms with E-state index in [0.717, 1.165) is 13.1 Å². The molecule has 0 spiro atoms. The lowest BCUT2D eigenvalue weighted by Gasteiger charge is -2.13. The molecule has 1 aromatic heterocycles. The third-order valence-electron chi connectivity index (χ3n) is 3.21. The highest BCUT2D eigenvalue weighted by Crippen LogP contribution is 2.16. The number of hydrogen-bond acceptors (Lipinski definition) is 5. The van der Waals surface area contributed by atoms with Gasteiger partial charge in [-0.3, -0.25) is 0 Å². The molecule has 1 fully saturated rings. The number of aromatic nitrogens is 2. The van der Waals surface area contributed by atoms with Crippen LogP contribution in [0.4, 0.5) is 5.95 Å². The van der Waals surface area contributed by atoms with Gasteiger partial charge in [-0.25, -0.2) is 4.98 Å². The first-order valence-electron chi connectivity index (χ1n) is 6.15. The van der Waals surface area contributed by atoms with E-state index in [2.05, 4.69) is 27.1 Å². The summed E-state index contributed by atoms with van der Waals surface area (Å²) in [6, 6.07) is 1.75. The molecular formula is C12H20N4O. The first-order valence-corrected chi connectivity index (χ1v) is 6.15. The molecule has 0 radical (unpaired) electrons. The summed E-state index contributed by atoms with van der Waals surface area (Å²) in [5.41, 5.74) is 0. The van der Waals surface area contributed by atoms with Crippen LogP contribution in [0.25, 0.3) is 0 Å². The largest absolute Gasteiger partial charge is 0.481 e. The molecule has 0 aromatic carbocycles. The molecule has 5 nitrogen and oxygen atoms in total. The van der Waals surface area contributed by atoms with Crippen molar-refractivity contribution in [2.24, 2.45) is 5.92 Å². The first kappa shape index (κ1) is 12.1. The van der Waals surface area contributed by atoms with Gasteiger partial charge >= 0.3 is 0 Å². The van der Waals surface area contributed by atoms with E-state index in [4.69, 9.17) is 4.74 Å². The summed E-state index contributed by atoms with van der Waals surface area (Å²) < 4.78 is 5.06. The second-order valence-electron chi connectivity index (χ2n) is 4.35. The Labute approximate surface area is 102 Å². The Morgan fingerprint density at radius 2 is 2.47 bits per heavy atom. The number of nitrogens with zero attached hydrogens (tertiary/aromatic N) is 3. The predicted octanol–water partition coefficient (Wildman–Crippen LogP) is 1.24. The monoisotopic (exact) mass is 236 g/mol. The summed E-state index contributed by atoms with van der Waals surface area (Å²) in [7, 11) is 1.61. The summed E-state index contributed by atoms with van der Waals surface area (Å²) in [6.45, 7) is 6.67.